The van der Waals surface area contributed by atoms with Crippen LogP contribution in [-0.2, 0) is 15.7 Å². The van der Waals surface area contributed by atoms with Crippen LogP contribution in [-0.4, -0.2) is 28.3 Å². The monoisotopic (exact) mass is 348 g/mol. The molecular formula is C21H25BN2O2. The molecule has 2 aromatic carbocycles. The van der Waals surface area contributed by atoms with Crippen LogP contribution in [0.15, 0.2) is 42.5 Å². The molecule has 2 heterocycles. The number of hydrogen-bond donors (Lipinski definition) is 1. The molecule has 0 radical (unpaired) electrons. The maximum absolute atomic E-state index is 6.16. The van der Waals surface area contributed by atoms with Gasteiger partial charge in [0.2, 0.25) is 0 Å². The molecule has 0 atom stereocenters. The van der Waals surface area contributed by atoms with E-state index in [-0.39, 0.29) is 18.3 Å². The van der Waals surface area contributed by atoms with Crippen molar-refractivity contribution in [1.82, 2.24) is 9.97 Å². The second-order valence-electron chi connectivity index (χ2n) is 8.15. The van der Waals surface area contributed by atoms with E-state index in [0.717, 1.165) is 28.7 Å². The SMILES string of the molecule is Cc1ccccc1Cc1nc2ccc(B3OC(C)(C)C(C)(C)O3)cc2[nH]1. The highest BCUT2D eigenvalue weighted by Crippen LogP contribution is 2.36. The number of rotatable bonds is 3. The third-order valence-corrected chi connectivity index (χ3v) is 5.70. The first-order chi connectivity index (χ1) is 12.2. The normalized spacial score (nSPS) is 18.6. The van der Waals surface area contributed by atoms with Crippen LogP contribution < -0.4 is 5.46 Å². The van der Waals surface area contributed by atoms with Gasteiger partial charge >= 0.3 is 7.12 Å². The Morgan fingerprint density at radius 3 is 2.38 bits per heavy atom. The minimum atomic E-state index is -0.354. The predicted octanol–water partition coefficient (Wildman–Crippen LogP) is 3.76. The molecule has 0 unspecified atom stereocenters. The minimum Gasteiger partial charge on any atom is -0.399 e. The highest BCUT2D eigenvalue weighted by Gasteiger charge is 2.51. The lowest BCUT2D eigenvalue weighted by Gasteiger charge is -2.32. The summed E-state index contributed by atoms with van der Waals surface area (Å²) >= 11 is 0. The first kappa shape index (κ1) is 17.3. The molecule has 1 aliphatic rings. The molecule has 3 aromatic rings. The number of imidazole rings is 1. The molecule has 1 aromatic heterocycles. The van der Waals surface area contributed by atoms with Gasteiger partial charge in [-0.25, -0.2) is 4.98 Å². The van der Waals surface area contributed by atoms with Crippen molar-refractivity contribution in [3.05, 3.63) is 59.4 Å². The van der Waals surface area contributed by atoms with Crippen molar-refractivity contribution < 1.29 is 9.31 Å². The molecule has 1 saturated heterocycles. The van der Waals surface area contributed by atoms with Crippen molar-refractivity contribution in [1.29, 1.82) is 0 Å². The average molecular weight is 348 g/mol. The van der Waals surface area contributed by atoms with Crippen molar-refractivity contribution in [2.24, 2.45) is 0 Å². The van der Waals surface area contributed by atoms with E-state index in [1.54, 1.807) is 0 Å². The fourth-order valence-corrected chi connectivity index (χ4v) is 3.28. The van der Waals surface area contributed by atoms with Crippen LogP contribution in [0.1, 0.15) is 44.6 Å². The number of H-pyrrole nitrogens is 1. The molecule has 134 valence electrons. The molecule has 0 bridgehead atoms. The van der Waals surface area contributed by atoms with Gasteiger partial charge in [0.25, 0.3) is 0 Å². The second kappa shape index (κ2) is 5.97. The van der Waals surface area contributed by atoms with E-state index >= 15 is 0 Å². The summed E-state index contributed by atoms with van der Waals surface area (Å²) in [6, 6.07) is 14.6. The van der Waals surface area contributed by atoms with Crippen LogP contribution in [0.2, 0.25) is 0 Å². The van der Waals surface area contributed by atoms with Crippen molar-refractivity contribution in [3.8, 4) is 0 Å². The van der Waals surface area contributed by atoms with Gasteiger partial charge in [0, 0.05) is 6.42 Å². The maximum Gasteiger partial charge on any atom is 0.494 e. The highest BCUT2D eigenvalue weighted by molar-refractivity contribution is 6.62. The maximum atomic E-state index is 6.16. The number of nitrogens with one attached hydrogen (secondary N) is 1. The fourth-order valence-electron chi connectivity index (χ4n) is 3.28. The third kappa shape index (κ3) is 2.95. The van der Waals surface area contributed by atoms with E-state index in [4.69, 9.17) is 14.3 Å². The van der Waals surface area contributed by atoms with E-state index in [1.807, 2.05) is 12.1 Å². The van der Waals surface area contributed by atoms with Gasteiger partial charge in [-0.2, -0.15) is 0 Å². The predicted molar refractivity (Wildman–Crippen MR) is 106 cm³/mol. The fraction of sp³-hybridized carbons (Fsp3) is 0.381. The molecular weight excluding hydrogens is 323 g/mol. The molecule has 4 nitrogen and oxygen atoms in total. The lowest BCUT2D eigenvalue weighted by atomic mass is 9.79. The summed E-state index contributed by atoms with van der Waals surface area (Å²) in [5.74, 6) is 0.973. The largest absolute Gasteiger partial charge is 0.494 e. The lowest BCUT2D eigenvalue weighted by Crippen LogP contribution is -2.41. The van der Waals surface area contributed by atoms with Crippen molar-refractivity contribution in [3.63, 3.8) is 0 Å². The van der Waals surface area contributed by atoms with Crippen LogP contribution in [0.5, 0.6) is 0 Å². The van der Waals surface area contributed by atoms with Gasteiger partial charge in [-0.3, -0.25) is 0 Å². The standard InChI is InChI=1S/C21H25BN2O2/c1-14-8-6-7-9-15(14)12-19-23-17-11-10-16(13-18(17)24-19)22-25-20(2,3)21(4,5)26-22/h6-11,13H,12H2,1-5H3,(H,23,24). The van der Waals surface area contributed by atoms with Crippen LogP contribution in [0.25, 0.3) is 11.0 Å². The van der Waals surface area contributed by atoms with Crippen LogP contribution >= 0.6 is 0 Å². The Morgan fingerprint density at radius 2 is 1.69 bits per heavy atom. The summed E-state index contributed by atoms with van der Waals surface area (Å²) in [6.45, 7) is 10.4. The molecule has 1 fully saturated rings. The topological polar surface area (TPSA) is 47.1 Å². The summed E-state index contributed by atoms with van der Waals surface area (Å²) in [7, 11) is -0.354. The quantitative estimate of drug-likeness (QED) is 0.733. The third-order valence-electron chi connectivity index (χ3n) is 5.70. The summed E-state index contributed by atoms with van der Waals surface area (Å²) < 4.78 is 12.3. The van der Waals surface area contributed by atoms with Gasteiger partial charge in [-0.1, -0.05) is 30.3 Å². The number of aryl methyl sites for hydroxylation is 1. The van der Waals surface area contributed by atoms with Gasteiger partial charge in [-0.05, 0) is 63.3 Å². The summed E-state index contributed by atoms with van der Waals surface area (Å²) in [6.07, 6.45) is 0.799. The van der Waals surface area contributed by atoms with E-state index < -0.39 is 0 Å². The number of fused-ring (bicyclic) bond motifs is 1. The Labute approximate surface area is 155 Å². The Bertz CT molecular complexity index is 946. The van der Waals surface area contributed by atoms with Gasteiger partial charge in [0.1, 0.15) is 5.82 Å². The molecule has 0 spiro atoms. The Kier molecular flexibility index (Phi) is 3.97. The number of aromatic amines is 1. The number of nitrogens with zero attached hydrogens (tertiary/aromatic N) is 1. The zero-order chi connectivity index (χ0) is 18.5. The van der Waals surface area contributed by atoms with Crippen LogP contribution in [0.3, 0.4) is 0 Å². The first-order valence-corrected chi connectivity index (χ1v) is 9.14. The number of aromatic nitrogens is 2. The molecule has 0 amide bonds. The zero-order valence-electron chi connectivity index (χ0n) is 16.1. The lowest BCUT2D eigenvalue weighted by molar-refractivity contribution is 0.00578. The smallest absolute Gasteiger partial charge is 0.399 e. The minimum absolute atomic E-state index is 0.337. The van der Waals surface area contributed by atoms with E-state index in [2.05, 4.69) is 69.9 Å². The van der Waals surface area contributed by atoms with Gasteiger partial charge in [0.15, 0.2) is 0 Å². The average Bonchev–Trinajstić information content (AvgIpc) is 3.06. The molecule has 1 aliphatic heterocycles. The van der Waals surface area contributed by atoms with Crippen molar-refractivity contribution in [2.45, 2.75) is 52.2 Å². The summed E-state index contributed by atoms with van der Waals surface area (Å²) in [5.41, 5.74) is 4.90. The highest BCUT2D eigenvalue weighted by atomic mass is 16.7. The summed E-state index contributed by atoms with van der Waals surface area (Å²) in [5, 5.41) is 0. The van der Waals surface area contributed by atoms with E-state index in [9.17, 15) is 0 Å². The van der Waals surface area contributed by atoms with Crippen LogP contribution in [0, 0.1) is 6.92 Å². The van der Waals surface area contributed by atoms with Crippen molar-refractivity contribution >= 4 is 23.6 Å². The molecule has 26 heavy (non-hydrogen) atoms. The molecule has 5 heteroatoms. The number of hydrogen-bond acceptors (Lipinski definition) is 3. The van der Waals surface area contributed by atoms with Gasteiger partial charge in [0.05, 0.1) is 22.2 Å². The van der Waals surface area contributed by atoms with Gasteiger partial charge in [-0.15, -0.1) is 0 Å². The Hall–Kier alpha value is -2.11. The van der Waals surface area contributed by atoms with Crippen LogP contribution in [0.4, 0.5) is 0 Å². The molecule has 1 N–H and O–H groups in total. The van der Waals surface area contributed by atoms with Gasteiger partial charge < -0.3 is 14.3 Å². The second-order valence-corrected chi connectivity index (χ2v) is 8.15. The molecule has 0 saturated carbocycles. The molecule has 4 rings (SSSR count). The Balaban J connectivity index is 1.62. The first-order valence-electron chi connectivity index (χ1n) is 9.14. The molecule has 0 aliphatic carbocycles. The van der Waals surface area contributed by atoms with E-state index in [0.29, 0.717) is 0 Å². The summed E-state index contributed by atoms with van der Waals surface area (Å²) in [4.78, 5) is 8.19. The van der Waals surface area contributed by atoms with E-state index in [1.165, 1.54) is 11.1 Å². The number of benzene rings is 2. The zero-order valence-corrected chi connectivity index (χ0v) is 16.1. The Morgan fingerprint density at radius 1 is 1.00 bits per heavy atom. The van der Waals surface area contributed by atoms with Crippen molar-refractivity contribution in [2.75, 3.05) is 0 Å².